The van der Waals surface area contributed by atoms with E-state index in [1.165, 1.54) is 4.88 Å². The number of aromatic nitrogens is 2. The van der Waals surface area contributed by atoms with E-state index in [1.807, 2.05) is 39.0 Å². The number of nitrogens with zero attached hydrogens (tertiary/aromatic N) is 2. The summed E-state index contributed by atoms with van der Waals surface area (Å²) in [5.41, 5.74) is 2.24. The normalized spacial score (nSPS) is 10.9. The van der Waals surface area contributed by atoms with Gasteiger partial charge in [-0.15, -0.1) is 11.3 Å². The van der Waals surface area contributed by atoms with E-state index < -0.39 is 0 Å². The molecule has 0 fully saturated rings. The lowest BCUT2D eigenvalue weighted by Crippen LogP contribution is -2.31. The third-order valence-electron chi connectivity index (χ3n) is 4.90. The highest BCUT2D eigenvalue weighted by atomic mass is 32.1. The maximum atomic E-state index is 12.4. The summed E-state index contributed by atoms with van der Waals surface area (Å²) in [6.45, 7) is 11.8. The van der Waals surface area contributed by atoms with Crippen molar-refractivity contribution in [2.24, 2.45) is 0 Å². The number of ether oxygens (including phenoxy) is 2. The molecular formula is C23H30N4O3S. The van der Waals surface area contributed by atoms with E-state index >= 15 is 0 Å². The number of carbonyl (C=O) groups is 1. The van der Waals surface area contributed by atoms with E-state index in [0.717, 1.165) is 32.8 Å². The first-order valence-electron chi connectivity index (χ1n) is 10.6. The van der Waals surface area contributed by atoms with Crippen LogP contribution in [0.3, 0.4) is 0 Å². The maximum absolute atomic E-state index is 12.4. The van der Waals surface area contributed by atoms with Gasteiger partial charge in [0, 0.05) is 11.4 Å². The molecule has 3 aromatic rings. The molecule has 2 aromatic heterocycles. The highest BCUT2D eigenvalue weighted by molar-refractivity contribution is 7.18. The zero-order chi connectivity index (χ0) is 22.4. The van der Waals surface area contributed by atoms with Crippen LogP contribution in [0.5, 0.6) is 11.5 Å². The molecule has 7 nitrogen and oxygen atoms in total. The number of nitrogens with one attached hydrogen (secondary N) is 2. The number of benzene rings is 1. The standard InChI is InChI=1S/C23H30N4O3S/c1-6-29-18-9-8-17(12-19(18)30-7-2)10-11-24-20(28)13-25-22-21-14(3)15(4)31-23(21)27-16(5)26-22/h8-9,12H,6-7,10-11,13H2,1-5H3,(H,24,28)(H,25,26,27). The zero-order valence-corrected chi connectivity index (χ0v) is 19.6. The summed E-state index contributed by atoms with van der Waals surface area (Å²) in [6.07, 6.45) is 0.706. The van der Waals surface area contributed by atoms with Gasteiger partial charge in [-0.3, -0.25) is 4.79 Å². The highest BCUT2D eigenvalue weighted by Crippen LogP contribution is 2.33. The van der Waals surface area contributed by atoms with Gasteiger partial charge in [-0.25, -0.2) is 9.97 Å². The number of rotatable bonds is 10. The quantitative estimate of drug-likeness (QED) is 0.490. The van der Waals surface area contributed by atoms with Crippen LogP contribution in [0.1, 0.15) is 35.7 Å². The van der Waals surface area contributed by atoms with Crippen LogP contribution in [-0.2, 0) is 11.2 Å². The fourth-order valence-corrected chi connectivity index (χ4v) is 4.38. The van der Waals surface area contributed by atoms with Gasteiger partial charge in [-0.05, 0) is 64.3 Å². The Bertz CT molecular complexity index is 1060. The Kier molecular flexibility index (Phi) is 7.68. The second-order valence-corrected chi connectivity index (χ2v) is 8.39. The van der Waals surface area contributed by atoms with Crippen molar-refractivity contribution in [1.29, 1.82) is 0 Å². The van der Waals surface area contributed by atoms with Crippen LogP contribution in [0.2, 0.25) is 0 Å². The smallest absolute Gasteiger partial charge is 0.239 e. The molecule has 0 saturated heterocycles. The van der Waals surface area contributed by atoms with Crippen molar-refractivity contribution < 1.29 is 14.3 Å². The Morgan fingerprint density at radius 1 is 1.06 bits per heavy atom. The van der Waals surface area contributed by atoms with Gasteiger partial charge >= 0.3 is 0 Å². The van der Waals surface area contributed by atoms with E-state index in [2.05, 4.69) is 34.4 Å². The summed E-state index contributed by atoms with van der Waals surface area (Å²) >= 11 is 1.65. The van der Waals surface area contributed by atoms with E-state index in [0.29, 0.717) is 37.8 Å². The van der Waals surface area contributed by atoms with Crippen molar-refractivity contribution >= 4 is 33.3 Å². The number of fused-ring (bicyclic) bond motifs is 1. The molecule has 166 valence electrons. The Labute approximate surface area is 187 Å². The lowest BCUT2D eigenvalue weighted by Gasteiger charge is -2.13. The van der Waals surface area contributed by atoms with Crippen LogP contribution in [-0.4, -0.2) is 42.2 Å². The van der Waals surface area contributed by atoms with E-state index in [9.17, 15) is 4.79 Å². The molecule has 31 heavy (non-hydrogen) atoms. The van der Waals surface area contributed by atoms with E-state index in [1.54, 1.807) is 11.3 Å². The largest absolute Gasteiger partial charge is 0.490 e. The van der Waals surface area contributed by atoms with E-state index in [-0.39, 0.29) is 12.5 Å². The summed E-state index contributed by atoms with van der Waals surface area (Å²) < 4.78 is 11.3. The second kappa shape index (κ2) is 10.4. The molecule has 0 aliphatic carbocycles. The van der Waals surface area contributed by atoms with Gasteiger partial charge in [0.2, 0.25) is 5.91 Å². The van der Waals surface area contributed by atoms with Gasteiger partial charge < -0.3 is 20.1 Å². The van der Waals surface area contributed by atoms with Crippen LogP contribution < -0.4 is 20.1 Å². The molecule has 0 radical (unpaired) electrons. The molecule has 3 rings (SSSR count). The van der Waals surface area contributed by atoms with Gasteiger partial charge in [0.1, 0.15) is 16.5 Å². The molecule has 0 aliphatic rings. The first kappa shape index (κ1) is 22.8. The average molecular weight is 443 g/mol. The minimum absolute atomic E-state index is 0.0787. The fourth-order valence-electron chi connectivity index (χ4n) is 3.31. The summed E-state index contributed by atoms with van der Waals surface area (Å²) in [6, 6.07) is 5.89. The first-order chi connectivity index (χ1) is 14.9. The first-order valence-corrected chi connectivity index (χ1v) is 11.4. The van der Waals surface area contributed by atoms with Gasteiger partial charge in [-0.1, -0.05) is 6.07 Å². The molecule has 1 aromatic carbocycles. The molecule has 0 bridgehead atoms. The Morgan fingerprint density at radius 3 is 2.55 bits per heavy atom. The number of hydrogen-bond donors (Lipinski definition) is 2. The third-order valence-corrected chi connectivity index (χ3v) is 6.00. The molecule has 2 N–H and O–H groups in total. The van der Waals surface area contributed by atoms with E-state index in [4.69, 9.17) is 9.47 Å². The number of amides is 1. The molecule has 0 saturated carbocycles. The number of aryl methyl sites for hydroxylation is 3. The van der Waals surface area contributed by atoms with Gasteiger partial charge in [0.25, 0.3) is 0 Å². The summed E-state index contributed by atoms with van der Waals surface area (Å²) in [4.78, 5) is 23.5. The van der Waals surface area contributed by atoms with Crippen LogP contribution in [0.25, 0.3) is 10.2 Å². The van der Waals surface area contributed by atoms with Gasteiger partial charge in [0.15, 0.2) is 11.5 Å². The summed E-state index contributed by atoms with van der Waals surface area (Å²) in [7, 11) is 0. The average Bonchev–Trinajstić information content (AvgIpc) is 3.01. The number of hydrogen-bond acceptors (Lipinski definition) is 7. The lowest BCUT2D eigenvalue weighted by atomic mass is 10.1. The number of carbonyl (C=O) groups excluding carboxylic acids is 1. The Balaban J connectivity index is 1.56. The van der Waals surface area contributed by atoms with Crippen LogP contribution in [0, 0.1) is 20.8 Å². The number of anilines is 1. The van der Waals surface area contributed by atoms with Gasteiger partial charge in [-0.2, -0.15) is 0 Å². The molecule has 1 amide bonds. The molecule has 0 unspecified atom stereocenters. The topological polar surface area (TPSA) is 85.4 Å². The Morgan fingerprint density at radius 2 is 1.81 bits per heavy atom. The lowest BCUT2D eigenvalue weighted by molar-refractivity contribution is -0.119. The SMILES string of the molecule is CCOc1ccc(CCNC(=O)CNc2nc(C)nc3sc(C)c(C)c23)cc1OCC. The minimum atomic E-state index is -0.0787. The van der Waals surface area contributed by atoms with Crippen LogP contribution >= 0.6 is 11.3 Å². The monoisotopic (exact) mass is 442 g/mol. The van der Waals surface area contributed by atoms with Crippen molar-refractivity contribution in [3.8, 4) is 11.5 Å². The fraction of sp³-hybridized carbons (Fsp3) is 0.435. The summed E-state index contributed by atoms with van der Waals surface area (Å²) in [5.74, 6) is 2.81. The molecule has 8 heteroatoms. The Hall–Kier alpha value is -2.87. The third kappa shape index (κ3) is 5.64. The number of thiophene rings is 1. The molecular weight excluding hydrogens is 412 g/mol. The minimum Gasteiger partial charge on any atom is -0.490 e. The molecule has 0 spiro atoms. The van der Waals surface area contributed by atoms with Crippen LogP contribution in [0.15, 0.2) is 18.2 Å². The molecule has 0 aliphatic heterocycles. The van der Waals surface area contributed by atoms with Crippen molar-refractivity contribution in [2.45, 2.75) is 41.0 Å². The predicted octanol–water partition coefficient (Wildman–Crippen LogP) is 4.18. The summed E-state index contributed by atoms with van der Waals surface area (Å²) in [5, 5.41) is 7.15. The van der Waals surface area contributed by atoms with Crippen LogP contribution in [0.4, 0.5) is 5.82 Å². The van der Waals surface area contributed by atoms with Crippen molar-refractivity contribution in [3.05, 3.63) is 40.0 Å². The predicted molar refractivity (Wildman–Crippen MR) is 126 cm³/mol. The molecule has 2 heterocycles. The van der Waals surface area contributed by atoms with Crippen molar-refractivity contribution in [3.63, 3.8) is 0 Å². The zero-order valence-electron chi connectivity index (χ0n) is 18.8. The van der Waals surface area contributed by atoms with Gasteiger partial charge in [0.05, 0.1) is 25.1 Å². The van der Waals surface area contributed by atoms with Crippen molar-refractivity contribution in [1.82, 2.24) is 15.3 Å². The second-order valence-electron chi connectivity index (χ2n) is 7.18. The van der Waals surface area contributed by atoms with Crippen molar-refractivity contribution in [2.75, 3.05) is 31.6 Å². The highest BCUT2D eigenvalue weighted by Gasteiger charge is 2.14. The molecule has 0 atom stereocenters. The maximum Gasteiger partial charge on any atom is 0.239 e.